The molecule has 9 nitrogen and oxygen atoms in total. The second-order valence-corrected chi connectivity index (χ2v) is 13.5. The maximum absolute atomic E-state index is 13.5. The van der Waals surface area contributed by atoms with E-state index in [0.29, 0.717) is 17.5 Å². The number of hydrogen-bond donors (Lipinski definition) is 2. The molecule has 0 bridgehead atoms. The number of esters is 2. The summed E-state index contributed by atoms with van der Waals surface area (Å²) in [5, 5.41) is 5.44. The Kier molecular flexibility index (Phi) is 13.3. The average molecular weight is 679 g/mol. The van der Waals surface area contributed by atoms with Gasteiger partial charge in [-0.2, -0.15) is 0 Å². The van der Waals surface area contributed by atoms with E-state index in [0.717, 1.165) is 22.3 Å². The van der Waals surface area contributed by atoms with Crippen molar-refractivity contribution in [1.82, 2.24) is 10.6 Å². The smallest absolute Gasteiger partial charge is 0.408 e. The molecule has 2 amide bonds. The Morgan fingerprint density at radius 2 is 1.24 bits per heavy atom. The van der Waals surface area contributed by atoms with Gasteiger partial charge in [-0.1, -0.05) is 111 Å². The lowest BCUT2D eigenvalue weighted by Crippen LogP contribution is -2.53. The predicted octanol–water partition coefficient (Wildman–Crippen LogP) is 7.42. The van der Waals surface area contributed by atoms with Gasteiger partial charge in [0.2, 0.25) is 5.91 Å². The fourth-order valence-electron chi connectivity index (χ4n) is 5.17. The first-order valence-corrected chi connectivity index (χ1v) is 16.8. The molecule has 0 unspecified atom stereocenters. The molecule has 4 aromatic carbocycles. The van der Waals surface area contributed by atoms with Gasteiger partial charge in [-0.15, -0.1) is 0 Å². The van der Waals surface area contributed by atoms with Crippen LogP contribution in [0.4, 0.5) is 4.79 Å². The van der Waals surface area contributed by atoms with Crippen molar-refractivity contribution in [3.8, 4) is 11.1 Å². The maximum atomic E-state index is 13.5. The highest BCUT2D eigenvalue weighted by atomic mass is 16.6. The number of ether oxygens (including phenoxy) is 3. The second-order valence-electron chi connectivity index (χ2n) is 13.5. The Hall–Kier alpha value is -5.44. The molecule has 4 aromatic rings. The number of carbonyl (C=O) groups is 4. The second kappa shape index (κ2) is 17.8. The van der Waals surface area contributed by atoms with Gasteiger partial charge in [-0.05, 0) is 73.1 Å². The van der Waals surface area contributed by atoms with Crippen molar-refractivity contribution >= 4 is 23.9 Å². The highest BCUT2D eigenvalue weighted by Crippen LogP contribution is 2.20. The summed E-state index contributed by atoms with van der Waals surface area (Å²) in [5.74, 6) is -1.62. The number of amides is 2. The quantitative estimate of drug-likeness (QED) is 0.105. The van der Waals surface area contributed by atoms with Gasteiger partial charge < -0.3 is 24.8 Å². The van der Waals surface area contributed by atoms with Crippen LogP contribution in [0.25, 0.3) is 11.1 Å². The first-order chi connectivity index (χ1) is 23.9. The van der Waals surface area contributed by atoms with Gasteiger partial charge in [0, 0.05) is 6.42 Å². The minimum Gasteiger partial charge on any atom is -0.459 e. The lowest BCUT2D eigenvalue weighted by Gasteiger charge is -2.25. The van der Waals surface area contributed by atoms with Crippen LogP contribution < -0.4 is 10.6 Å². The number of carbonyl (C=O) groups excluding carboxylic acids is 4. The van der Waals surface area contributed by atoms with Crippen LogP contribution in [0.2, 0.25) is 0 Å². The summed E-state index contributed by atoms with van der Waals surface area (Å²) in [6.45, 7) is 9.06. The summed E-state index contributed by atoms with van der Waals surface area (Å²) in [6.07, 6.45) is -0.235. The molecule has 0 saturated carbocycles. The zero-order valence-corrected chi connectivity index (χ0v) is 29.3. The Morgan fingerprint density at radius 3 is 1.88 bits per heavy atom. The van der Waals surface area contributed by atoms with Crippen LogP contribution in [0.3, 0.4) is 0 Å². The van der Waals surface area contributed by atoms with E-state index in [4.69, 9.17) is 14.2 Å². The Morgan fingerprint density at radius 1 is 0.640 bits per heavy atom. The van der Waals surface area contributed by atoms with Crippen molar-refractivity contribution in [1.29, 1.82) is 0 Å². The van der Waals surface area contributed by atoms with Crippen molar-refractivity contribution < 1.29 is 33.4 Å². The van der Waals surface area contributed by atoms with Crippen molar-refractivity contribution in [3.05, 3.63) is 131 Å². The van der Waals surface area contributed by atoms with Crippen LogP contribution >= 0.6 is 0 Å². The minimum atomic E-state index is -1.00. The van der Waals surface area contributed by atoms with Crippen LogP contribution in [0.15, 0.2) is 109 Å². The molecule has 2 atom stereocenters. The molecular weight excluding hydrogens is 632 g/mol. The molecule has 50 heavy (non-hydrogen) atoms. The van der Waals surface area contributed by atoms with Crippen molar-refractivity contribution in [2.24, 2.45) is 5.92 Å². The summed E-state index contributed by atoms with van der Waals surface area (Å²) in [5.41, 5.74) is 4.01. The Bertz CT molecular complexity index is 1720. The molecule has 2 N–H and O–H groups in total. The monoisotopic (exact) mass is 678 g/mol. The highest BCUT2D eigenvalue weighted by Gasteiger charge is 2.30. The molecule has 0 radical (unpaired) electrons. The van der Waals surface area contributed by atoms with Crippen LogP contribution in [0, 0.1) is 5.92 Å². The summed E-state index contributed by atoms with van der Waals surface area (Å²) in [7, 11) is 0. The molecule has 262 valence electrons. The topological polar surface area (TPSA) is 120 Å². The fraction of sp³-hybridized carbons (Fsp3) is 0.317. The molecule has 0 fully saturated rings. The van der Waals surface area contributed by atoms with Gasteiger partial charge in [-0.3, -0.25) is 4.79 Å². The molecular formula is C41H46N2O7. The van der Waals surface area contributed by atoms with Gasteiger partial charge in [-0.25, -0.2) is 14.4 Å². The van der Waals surface area contributed by atoms with Gasteiger partial charge in [0.1, 0.15) is 30.9 Å². The van der Waals surface area contributed by atoms with Crippen molar-refractivity contribution in [2.75, 3.05) is 0 Å². The van der Waals surface area contributed by atoms with E-state index in [1.165, 1.54) is 0 Å². The molecule has 0 aromatic heterocycles. The third-order valence-corrected chi connectivity index (χ3v) is 7.57. The third-order valence-electron chi connectivity index (χ3n) is 7.57. The highest BCUT2D eigenvalue weighted by molar-refractivity contribution is 5.90. The molecule has 0 aliphatic rings. The van der Waals surface area contributed by atoms with Crippen LogP contribution in [0.5, 0.6) is 0 Å². The number of benzene rings is 4. The molecule has 9 heteroatoms. The average Bonchev–Trinajstić information content (AvgIpc) is 3.09. The lowest BCUT2D eigenvalue weighted by molar-refractivity contribution is -0.149. The van der Waals surface area contributed by atoms with E-state index in [9.17, 15) is 19.2 Å². The fourth-order valence-corrected chi connectivity index (χ4v) is 5.17. The van der Waals surface area contributed by atoms with E-state index in [1.807, 2.05) is 98.8 Å². The number of alkyl carbamates (subject to hydrolysis) is 1. The Balaban J connectivity index is 1.36. The van der Waals surface area contributed by atoms with Crippen molar-refractivity contribution in [2.45, 2.75) is 78.4 Å². The largest absolute Gasteiger partial charge is 0.459 e. The summed E-state index contributed by atoms with van der Waals surface area (Å²) in [4.78, 5) is 52.4. The zero-order chi connectivity index (χ0) is 36.1. The standard InChI is InChI=1S/C41H46N2O7/c1-28(2)23-36(42-37(44)35(25-29-13-8-6-9-14-29)43-40(47)50-41(3,4)5)39(46)49-27-31-15-12-18-34(24-31)38(45)48-26-30-19-21-33(22-20-30)32-16-10-7-11-17-32/h6-22,24,28,35-36H,23,25-27H2,1-5H3,(H,42,44)(H,43,47)/t35-,36-/m0/s1. The van der Waals surface area contributed by atoms with Crippen LogP contribution in [-0.2, 0) is 43.4 Å². The zero-order valence-electron chi connectivity index (χ0n) is 29.3. The molecule has 0 spiro atoms. The Labute approximate surface area is 294 Å². The molecule has 0 saturated heterocycles. The summed E-state index contributed by atoms with van der Waals surface area (Å²) >= 11 is 0. The summed E-state index contributed by atoms with van der Waals surface area (Å²) < 4.78 is 16.6. The third kappa shape index (κ3) is 12.2. The van der Waals surface area contributed by atoms with E-state index in [2.05, 4.69) is 10.6 Å². The minimum absolute atomic E-state index is 0.0480. The number of nitrogens with one attached hydrogen (secondary N) is 2. The van der Waals surface area contributed by atoms with E-state index >= 15 is 0 Å². The SMILES string of the molecule is CC(C)C[C@H](NC(=O)[C@H](Cc1ccccc1)NC(=O)OC(C)(C)C)C(=O)OCc1cccc(C(=O)OCc2ccc(-c3ccccc3)cc2)c1. The normalized spacial score (nSPS) is 12.4. The van der Waals surface area contributed by atoms with E-state index in [-0.39, 0.29) is 25.6 Å². The van der Waals surface area contributed by atoms with Crippen LogP contribution in [-0.4, -0.2) is 41.6 Å². The number of rotatable bonds is 14. The molecule has 0 heterocycles. The molecule has 4 rings (SSSR count). The van der Waals surface area contributed by atoms with Gasteiger partial charge in [0.05, 0.1) is 5.56 Å². The predicted molar refractivity (Wildman–Crippen MR) is 192 cm³/mol. The first-order valence-electron chi connectivity index (χ1n) is 16.8. The molecule has 0 aliphatic heterocycles. The first kappa shape index (κ1) is 37.4. The molecule has 0 aliphatic carbocycles. The van der Waals surface area contributed by atoms with Crippen molar-refractivity contribution in [3.63, 3.8) is 0 Å². The van der Waals surface area contributed by atoms with Crippen LogP contribution in [0.1, 0.15) is 68.1 Å². The van der Waals surface area contributed by atoms with Gasteiger partial charge in [0.25, 0.3) is 0 Å². The summed E-state index contributed by atoms with van der Waals surface area (Å²) in [6, 6.07) is 31.8. The lowest BCUT2D eigenvalue weighted by atomic mass is 10.0. The maximum Gasteiger partial charge on any atom is 0.408 e. The van der Waals surface area contributed by atoms with Gasteiger partial charge in [0.15, 0.2) is 0 Å². The van der Waals surface area contributed by atoms with Gasteiger partial charge >= 0.3 is 18.0 Å². The van der Waals surface area contributed by atoms with E-state index in [1.54, 1.807) is 45.0 Å². The number of hydrogen-bond acceptors (Lipinski definition) is 7. The van der Waals surface area contributed by atoms with E-state index < -0.39 is 41.6 Å².